The van der Waals surface area contributed by atoms with Crippen LogP contribution in [0.25, 0.3) is 0 Å². The molecule has 0 aliphatic heterocycles. The van der Waals surface area contributed by atoms with Gasteiger partial charge in [-0.15, -0.1) is 0 Å². The minimum absolute atomic E-state index is 0.562. The van der Waals surface area contributed by atoms with Crippen molar-refractivity contribution in [2.24, 2.45) is 5.92 Å². The van der Waals surface area contributed by atoms with Crippen LogP contribution >= 0.6 is 15.9 Å². The fourth-order valence-electron chi connectivity index (χ4n) is 2.31. The second kappa shape index (κ2) is 6.76. The SMILES string of the molecule is CCNCc1ccc(N(CC2CC2)C(C)C)cc1Br. The van der Waals surface area contributed by atoms with Crippen LogP contribution in [0.3, 0.4) is 0 Å². The molecule has 2 nitrogen and oxygen atoms in total. The largest absolute Gasteiger partial charge is 0.369 e. The summed E-state index contributed by atoms with van der Waals surface area (Å²) in [5.74, 6) is 0.919. The van der Waals surface area contributed by atoms with E-state index in [0.29, 0.717) is 6.04 Å². The molecule has 2 rings (SSSR count). The second-order valence-electron chi connectivity index (χ2n) is 5.75. The van der Waals surface area contributed by atoms with Gasteiger partial charge in [-0.3, -0.25) is 0 Å². The summed E-state index contributed by atoms with van der Waals surface area (Å²) in [5, 5.41) is 3.38. The Morgan fingerprint density at radius 3 is 2.63 bits per heavy atom. The third-order valence-electron chi connectivity index (χ3n) is 3.71. The van der Waals surface area contributed by atoms with Crippen LogP contribution in [0.1, 0.15) is 39.2 Å². The Bertz CT molecular complexity index is 413. The van der Waals surface area contributed by atoms with Gasteiger partial charge < -0.3 is 10.2 Å². The first-order valence-electron chi connectivity index (χ1n) is 7.37. The zero-order chi connectivity index (χ0) is 13.8. The van der Waals surface area contributed by atoms with Gasteiger partial charge in [0.2, 0.25) is 0 Å². The van der Waals surface area contributed by atoms with Crippen molar-refractivity contribution in [3.8, 4) is 0 Å². The van der Waals surface area contributed by atoms with Crippen LogP contribution < -0.4 is 10.2 Å². The van der Waals surface area contributed by atoms with Gasteiger partial charge in [-0.05, 0) is 56.8 Å². The van der Waals surface area contributed by atoms with Gasteiger partial charge in [-0.1, -0.05) is 28.9 Å². The maximum Gasteiger partial charge on any atom is 0.0380 e. The first-order valence-corrected chi connectivity index (χ1v) is 8.17. The van der Waals surface area contributed by atoms with Gasteiger partial charge in [-0.25, -0.2) is 0 Å². The van der Waals surface area contributed by atoms with Gasteiger partial charge in [0.25, 0.3) is 0 Å². The summed E-state index contributed by atoms with van der Waals surface area (Å²) in [7, 11) is 0. The summed E-state index contributed by atoms with van der Waals surface area (Å²) in [4.78, 5) is 2.53. The molecule has 19 heavy (non-hydrogen) atoms. The molecule has 0 saturated heterocycles. The molecule has 106 valence electrons. The monoisotopic (exact) mass is 324 g/mol. The van der Waals surface area contributed by atoms with E-state index in [1.807, 2.05) is 0 Å². The summed E-state index contributed by atoms with van der Waals surface area (Å²) >= 11 is 3.71. The topological polar surface area (TPSA) is 15.3 Å². The van der Waals surface area contributed by atoms with Crippen molar-refractivity contribution in [3.63, 3.8) is 0 Å². The highest BCUT2D eigenvalue weighted by Crippen LogP contribution is 2.33. The van der Waals surface area contributed by atoms with Gasteiger partial charge in [-0.2, -0.15) is 0 Å². The van der Waals surface area contributed by atoms with Gasteiger partial charge in [0.15, 0.2) is 0 Å². The Hall–Kier alpha value is -0.540. The van der Waals surface area contributed by atoms with Crippen molar-refractivity contribution >= 4 is 21.6 Å². The number of benzene rings is 1. The standard InChI is InChI=1S/C16H25BrN2/c1-4-18-10-14-7-8-15(9-16(14)17)19(12(2)3)11-13-5-6-13/h7-9,12-13,18H,4-6,10-11H2,1-3H3. The lowest BCUT2D eigenvalue weighted by molar-refractivity contribution is 0.644. The molecule has 1 aromatic rings. The average molecular weight is 325 g/mol. The van der Waals surface area contributed by atoms with Crippen LogP contribution in [0.5, 0.6) is 0 Å². The van der Waals surface area contributed by atoms with Crippen LogP contribution in [0.4, 0.5) is 5.69 Å². The summed E-state index contributed by atoms with van der Waals surface area (Å²) in [6.45, 7) is 9.84. The maximum atomic E-state index is 3.71. The summed E-state index contributed by atoms with van der Waals surface area (Å²) in [6.07, 6.45) is 2.81. The van der Waals surface area contributed by atoms with Crippen LogP contribution in [0.2, 0.25) is 0 Å². The van der Waals surface area contributed by atoms with Crippen LogP contribution in [-0.4, -0.2) is 19.1 Å². The molecule has 1 aliphatic carbocycles. The lowest BCUT2D eigenvalue weighted by Gasteiger charge is -2.29. The molecule has 0 unspecified atom stereocenters. The van der Waals surface area contributed by atoms with E-state index >= 15 is 0 Å². The van der Waals surface area contributed by atoms with Gasteiger partial charge >= 0.3 is 0 Å². The minimum Gasteiger partial charge on any atom is -0.369 e. The number of halogens is 1. The Kier molecular flexibility index (Phi) is 5.28. The predicted octanol–water partition coefficient (Wildman–Crippen LogP) is 4.18. The third-order valence-corrected chi connectivity index (χ3v) is 4.45. The lowest BCUT2D eigenvalue weighted by atomic mass is 10.1. The smallest absolute Gasteiger partial charge is 0.0380 e. The minimum atomic E-state index is 0.562. The van der Waals surface area contributed by atoms with E-state index in [2.05, 4.69) is 65.1 Å². The molecule has 0 amide bonds. The van der Waals surface area contributed by atoms with E-state index in [4.69, 9.17) is 0 Å². The molecule has 1 N–H and O–H groups in total. The highest BCUT2D eigenvalue weighted by Gasteiger charge is 2.25. The van der Waals surface area contributed by atoms with Gasteiger partial charge in [0.05, 0.1) is 0 Å². The Morgan fingerprint density at radius 2 is 2.11 bits per heavy atom. The molecule has 1 saturated carbocycles. The molecular formula is C16H25BrN2. The van der Waals surface area contributed by atoms with E-state index in [9.17, 15) is 0 Å². The van der Waals surface area contributed by atoms with Crippen LogP contribution in [0.15, 0.2) is 22.7 Å². The quantitative estimate of drug-likeness (QED) is 0.809. The van der Waals surface area contributed by atoms with Crippen molar-refractivity contribution in [3.05, 3.63) is 28.2 Å². The zero-order valence-corrected chi connectivity index (χ0v) is 13.8. The number of nitrogens with one attached hydrogen (secondary N) is 1. The zero-order valence-electron chi connectivity index (χ0n) is 12.2. The van der Waals surface area contributed by atoms with E-state index in [1.165, 1.54) is 35.1 Å². The first-order chi connectivity index (χ1) is 9.11. The number of hydrogen-bond acceptors (Lipinski definition) is 2. The Balaban J connectivity index is 2.11. The maximum absolute atomic E-state index is 3.71. The van der Waals surface area contributed by atoms with Gasteiger partial charge in [0, 0.05) is 29.3 Å². The highest BCUT2D eigenvalue weighted by molar-refractivity contribution is 9.10. The average Bonchev–Trinajstić information content (AvgIpc) is 3.18. The van der Waals surface area contributed by atoms with E-state index in [-0.39, 0.29) is 0 Å². The molecule has 1 fully saturated rings. The molecule has 3 heteroatoms. The predicted molar refractivity (Wildman–Crippen MR) is 86.7 cm³/mol. The van der Waals surface area contributed by atoms with E-state index in [1.54, 1.807) is 0 Å². The normalized spacial score (nSPS) is 15.0. The molecule has 1 aromatic carbocycles. The number of anilines is 1. The molecule has 0 aromatic heterocycles. The van der Waals surface area contributed by atoms with Crippen LogP contribution in [0, 0.1) is 5.92 Å². The number of rotatable bonds is 7. The van der Waals surface area contributed by atoms with Crippen molar-refractivity contribution < 1.29 is 0 Å². The summed E-state index contributed by atoms with van der Waals surface area (Å²) < 4.78 is 1.22. The fourth-order valence-corrected chi connectivity index (χ4v) is 2.82. The molecule has 0 heterocycles. The van der Waals surface area contributed by atoms with Crippen molar-refractivity contribution in [2.45, 2.75) is 46.2 Å². The number of hydrogen-bond donors (Lipinski definition) is 1. The van der Waals surface area contributed by atoms with E-state index < -0.39 is 0 Å². The molecule has 0 radical (unpaired) electrons. The molecular weight excluding hydrogens is 300 g/mol. The fraction of sp³-hybridized carbons (Fsp3) is 0.625. The van der Waals surface area contributed by atoms with Crippen molar-refractivity contribution in [2.75, 3.05) is 18.0 Å². The Labute approximate surface area is 125 Å². The van der Waals surface area contributed by atoms with Crippen molar-refractivity contribution in [1.29, 1.82) is 0 Å². The van der Waals surface area contributed by atoms with Crippen LogP contribution in [-0.2, 0) is 6.54 Å². The third kappa shape index (κ3) is 4.22. The Morgan fingerprint density at radius 1 is 1.37 bits per heavy atom. The highest BCUT2D eigenvalue weighted by atomic mass is 79.9. The lowest BCUT2D eigenvalue weighted by Crippen LogP contribution is -2.32. The second-order valence-corrected chi connectivity index (χ2v) is 6.60. The van der Waals surface area contributed by atoms with Gasteiger partial charge in [0.1, 0.15) is 0 Å². The molecule has 1 aliphatic rings. The molecule has 0 atom stereocenters. The summed E-state index contributed by atoms with van der Waals surface area (Å²) in [5.41, 5.74) is 2.68. The molecule has 0 spiro atoms. The summed E-state index contributed by atoms with van der Waals surface area (Å²) in [6, 6.07) is 7.34. The van der Waals surface area contributed by atoms with Crippen molar-refractivity contribution in [1.82, 2.24) is 5.32 Å². The molecule has 0 bridgehead atoms. The number of nitrogens with zero attached hydrogens (tertiary/aromatic N) is 1. The first kappa shape index (κ1) is 14.9. The van der Waals surface area contributed by atoms with E-state index in [0.717, 1.165) is 19.0 Å².